The quantitative estimate of drug-likeness (QED) is 0.886. The summed E-state index contributed by atoms with van der Waals surface area (Å²) in [4.78, 5) is 24.5. The van der Waals surface area contributed by atoms with Crippen LogP contribution in [0.5, 0.6) is 0 Å². The van der Waals surface area contributed by atoms with Gasteiger partial charge in [0.1, 0.15) is 5.56 Å². The van der Waals surface area contributed by atoms with Gasteiger partial charge in [-0.3, -0.25) is 9.59 Å². The van der Waals surface area contributed by atoms with Crippen molar-refractivity contribution in [3.63, 3.8) is 0 Å². The van der Waals surface area contributed by atoms with Crippen LogP contribution in [0.3, 0.4) is 0 Å². The lowest BCUT2D eigenvalue weighted by Gasteiger charge is -2.29. The number of aromatic nitrogens is 2. The van der Waals surface area contributed by atoms with E-state index < -0.39 is 23.3 Å². The van der Waals surface area contributed by atoms with Crippen molar-refractivity contribution >= 4 is 11.6 Å². The minimum atomic E-state index is -4.82. The lowest BCUT2D eigenvalue weighted by molar-refractivity contribution is -0.138. The Bertz CT molecular complexity index is 863. The molecule has 1 unspecified atom stereocenters. The molecule has 3 rings (SSSR count). The second-order valence-electron chi connectivity index (χ2n) is 5.74. The van der Waals surface area contributed by atoms with Crippen molar-refractivity contribution in [2.24, 2.45) is 0 Å². The van der Waals surface area contributed by atoms with E-state index in [9.17, 15) is 22.8 Å². The van der Waals surface area contributed by atoms with Crippen LogP contribution in [0, 0.1) is 0 Å². The smallest absolute Gasteiger partial charge is 0.356 e. The van der Waals surface area contributed by atoms with Crippen LogP contribution in [-0.4, -0.2) is 22.6 Å². The molecule has 1 aromatic heterocycles. The molecule has 1 aliphatic rings. The minimum absolute atomic E-state index is 0.121. The number of H-pyrrole nitrogens is 1. The molecule has 0 bridgehead atoms. The number of carbonyl (C=O) groups excluding carboxylic acids is 1. The molecule has 0 spiro atoms. The lowest BCUT2D eigenvalue weighted by Crippen LogP contribution is -2.36. The fourth-order valence-corrected chi connectivity index (χ4v) is 3.06. The van der Waals surface area contributed by atoms with E-state index in [1.165, 1.54) is 11.8 Å². The number of rotatable bonds is 3. The van der Waals surface area contributed by atoms with E-state index in [0.29, 0.717) is 0 Å². The highest BCUT2D eigenvalue weighted by Crippen LogP contribution is 2.41. The molecule has 1 atom stereocenters. The Kier molecular flexibility index (Phi) is 4.23. The molecule has 0 aliphatic carbocycles. The second-order valence-corrected chi connectivity index (χ2v) is 5.74. The van der Waals surface area contributed by atoms with Crippen LogP contribution < -0.4 is 15.8 Å². The van der Waals surface area contributed by atoms with E-state index in [-0.39, 0.29) is 24.7 Å². The molecule has 0 fully saturated rings. The van der Waals surface area contributed by atoms with Gasteiger partial charge in [0, 0.05) is 20.0 Å². The number of nitrogens with one attached hydrogen (secondary N) is 2. The molecule has 0 saturated heterocycles. The first-order valence-electron chi connectivity index (χ1n) is 7.53. The third kappa shape index (κ3) is 3.21. The average molecular weight is 352 g/mol. The number of alkyl halides is 3. The van der Waals surface area contributed by atoms with Gasteiger partial charge in [0.05, 0.1) is 17.9 Å². The first-order valence-corrected chi connectivity index (χ1v) is 7.53. The fourth-order valence-electron chi connectivity index (χ4n) is 3.06. The van der Waals surface area contributed by atoms with Crippen molar-refractivity contribution < 1.29 is 18.0 Å². The van der Waals surface area contributed by atoms with Crippen molar-refractivity contribution in [1.82, 2.24) is 15.5 Å². The number of benzene rings is 1. The molecule has 1 aliphatic heterocycles. The van der Waals surface area contributed by atoms with Crippen LogP contribution in [0.1, 0.15) is 29.7 Å². The van der Waals surface area contributed by atoms with Crippen molar-refractivity contribution in [2.75, 3.05) is 11.4 Å². The second kappa shape index (κ2) is 6.23. The van der Waals surface area contributed by atoms with E-state index in [1.54, 1.807) is 18.2 Å². The summed E-state index contributed by atoms with van der Waals surface area (Å²) in [6.45, 7) is 1.65. The zero-order valence-corrected chi connectivity index (χ0v) is 13.2. The van der Waals surface area contributed by atoms with E-state index in [2.05, 4.69) is 10.4 Å². The minimum Gasteiger partial charge on any atom is -0.356 e. The number of hydrogen-bond donors (Lipinski definition) is 2. The Balaban J connectivity index is 2.09. The molecule has 1 amide bonds. The number of carbonyl (C=O) groups is 1. The zero-order chi connectivity index (χ0) is 18.2. The Morgan fingerprint density at radius 2 is 2.12 bits per heavy atom. The van der Waals surface area contributed by atoms with Gasteiger partial charge in [-0.1, -0.05) is 24.3 Å². The zero-order valence-electron chi connectivity index (χ0n) is 13.2. The maximum absolute atomic E-state index is 13.4. The summed E-state index contributed by atoms with van der Waals surface area (Å²) in [5, 5.41) is 8.00. The van der Waals surface area contributed by atoms with Crippen LogP contribution in [0.4, 0.5) is 18.9 Å². The number of nitrogens with zero attached hydrogens (tertiary/aromatic N) is 2. The molecular weight excluding hydrogens is 337 g/mol. The maximum atomic E-state index is 13.4. The van der Waals surface area contributed by atoms with Crippen LogP contribution in [0.2, 0.25) is 0 Å². The standard InChI is InChI=1S/C16H15F3N4O2/c1-9(24)20-6-12-11-5-3-2-4-10(11)8-23(12)13-7-21-22-15(25)14(13)16(17,18)19/h2-5,7,12H,6,8H2,1H3,(H,20,24)(H,22,25). The van der Waals surface area contributed by atoms with Crippen molar-refractivity contribution in [2.45, 2.75) is 25.7 Å². The summed E-state index contributed by atoms with van der Waals surface area (Å²) >= 11 is 0. The Morgan fingerprint density at radius 1 is 1.40 bits per heavy atom. The number of hydrogen-bond acceptors (Lipinski definition) is 4. The highest BCUT2D eigenvalue weighted by molar-refractivity contribution is 5.73. The van der Waals surface area contributed by atoms with Gasteiger partial charge in [0.15, 0.2) is 0 Å². The van der Waals surface area contributed by atoms with Gasteiger partial charge >= 0.3 is 6.18 Å². The summed E-state index contributed by atoms with van der Waals surface area (Å²) in [5.41, 5.74) is -1.24. The van der Waals surface area contributed by atoms with Gasteiger partial charge in [-0.05, 0) is 11.1 Å². The van der Waals surface area contributed by atoms with E-state index in [0.717, 1.165) is 17.3 Å². The third-order valence-electron chi connectivity index (χ3n) is 4.10. The predicted molar refractivity (Wildman–Crippen MR) is 83.9 cm³/mol. The molecule has 2 aromatic rings. The summed E-state index contributed by atoms with van der Waals surface area (Å²) < 4.78 is 40.2. The molecule has 1 aromatic carbocycles. The van der Waals surface area contributed by atoms with Gasteiger partial charge in [-0.2, -0.15) is 18.3 Å². The normalized spacial score (nSPS) is 16.6. The molecule has 25 heavy (non-hydrogen) atoms. The fraction of sp³-hybridized carbons (Fsp3) is 0.312. The summed E-state index contributed by atoms with van der Waals surface area (Å²) in [7, 11) is 0. The summed E-state index contributed by atoms with van der Waals surface area (Å²) in [5.74, 6) is -0.288. The van der Waals surface area contributed by atoms with Gasteiger partial charge in [-0.15, -0.1) is 0 Å². The number of aromatic amines is 1. The SMILES string of the molecule is CC(=O)NCC1c2ccccc2CN1c1cn[nH]c(=O)c1C(F)(F)F. The Morgan fingerprint density at radius 3 is 2.80 bits per heavy atom. The van der Waals surface area contributed by atoms with E-state index in [4.69, 9.17) is 0 Å². The number of halogens is 3. The van der Waals surface area contributed by atoms with E-state index >= 15 is 0 Å². The molecular formula is C16H15F3N4O2. The average Bonchev–Trinajstić information content (AvgIpc) is 2.90. The summed E-state index contributed by atoms with van der Waals surface area (Å²) in [6.07, 6.45) is -3.82. The molecule has 132 valence electrons. The Labute approximate surface area is 140 Å². The molecule has 0 saturated carbocycles. The first kappa shape index (κ1) is 17.0. The van der Waals surface area contributed by atoms with Crippen molar-refractivity contribution in [3.05, 3.63) is 57.5 Å². The first-order chi connectivity index (χ1) is 11.8. The molecule has 9 heteroatoms. The number of anilines is 1. The molecule has 0 radical (unpaired) electrons. The number of amides is 1. The van der Waals surface area contributed by atoms with Gasteiger partial charge in [0.2, 0.25) is 5.91 Å². The monoisotopic (exact) mass is 352 g/mol. The van der Waals surface area contributed by atoms with Crippen molar-refractivity contribution in [3.8, 4) is 0 Å². The largest absolute Gasteiger partial charge is 0.423 e. The van der Waals surface area contributed by atoms with Crippen LogP contribution in [0.25, 0.3) is 0 Å². The van der Waals surface area contributed by atoms with Gasteiger partial charge in [-0.25, -0.2) is 5.10 Å². The summed E-state index contributed by atoms with van der Waals surface area (Å²) in [6, 6.07) is 6.66. The number of fused-ring (bicyclic) bond motifs is 1. The van der Waals surface area contributed by atoms with Crippen LogP contribution in [-0.2, 0) is 17.5 Å². The van der Waals surface area contributed by atoms with Gasteiger partial charge < -0.3 is 10.2 Å². The lowest BCUT2D eigenvalue weighted by atomic mass is 10.0. The third-order valence-corrected chi connectivity index (χ3v) is 4.10. The highest BCUT2D eigenvalue weighted by atomic mass is 19.4. The Hall–Kier alpha value is -2.84. The molecule has 2 heterocycles. The van der Waals surface area contributed by atoms with Crippen LogP contribution in [0.15, 0.2) is 35.3 Å². The topological polar surface area (TPSA) is 78.1 Å². The molecule has 2 N–H and O–H groups in total. The van der Waals surface area contributed by atoms with E-state index in [1.807, 2.05) is 11.2 Å². The predicted octanol–water partition coefficient (Wildman–Crippen LogP) is 1.99. The maximum Gasteiger partial charge on any atom is 0.423 e. The highest BCUT2D eigenvalue weighted by Gasteiger charge is 2.41. The van der Waals surface area contributed by atoms with Gasteiger partial charge in [0.25, 0.3) is 5.56 Å². The van der Waals surface area contributed by atoms with Crippen molar-refractivity contribution in [1.29, 1.82) is 0 Å². The molecule has 6 nitrogen and oxygen atoms in total. The van der Waals surface area contributed by atoms with Crippen LogP contribution >= 0.6 is 0 Å².